The van der Waals surface area contributed by atoms with Crippen LogP contribution in [0.25, 0.3) is 0 Å². The number of thiophene rings is 1. The smallest absolute Gasteiger partial charge is 0.452 e. The van der Waals surface area contributed by atoms with Crippen LogP contribution in [0, 0.1) is 0 Å². The van der Waals surface area contributed by atoms with Crippen molar-refractivity contribution in [3.8, 4) is 5.75 Å². The van der Waals surface area contributed by atoms with Gasteiger partial charge in [0.05, 0.1) is 11.6 Å². The molecule has 2 rings (SSSR count). The second kappa shape index (κ2) is 8.02. The second-order valence-corrected chi connectivity index (χ2v) is 5.93. The zero-order valence-electron chi connectivity index (χ0n) is 13.0. The molecule has 9 heteroatoms. The summed E-state index contributed by atoms with van der Waals surface area (Å²) in [6.07, 6.45) is -4.81. The second-order valence-electron chi connectivity index (χ2n) is 4.95. The fraction of sp³-hybridized carbons (Fsp3) is 0.250. The van der Waals surface area contributed by atoms with Crippen LogP contribution in [0.1, 0.15) is 28.2 Å². The van der Waals surface area contributed by atoms with Crippen LogP contribution in [0.3, 0.4) is 0 Å². The number of hydrogen-bond donors (Lipinski definition) is 1. The predicted octanol–water partition coefficient (Wildman–Crippen LogP) is 3.68. The minimum Gasteiger partial charge on any atom is -0.452 e. The van der Waals surface area contributed by atoms with E-state index in [1.807, 2.05) is 17.5 Å². The van der Waals surface area contributed by atoms with Crippen LogP contribution < -0.4 is 10.1 Å². The molecule has 0 spiro atoms. The van der Waals surface area contributed by atoms with E-state index in [0.29, 0.717) is 0 Å². The highest BCUT2D eigenvalue weighted by molar-refractivity contribution is 7.10. The van der Waals surface area contributed by atoms with Gasteiger partial charge in [0.2, 0.25) is 0 Å². The van der Waals surface area contributed by atoms with E-state index < -0.39 is 30.6 Å². The average Bonchev–Trinajstić information content (AvgIpc) is 3.06. The Labute approximate surface area is 145 Å². The standard InChI is InChI=1S/C16H14F3NO4S/c1-10(13-3-2-8-25-13)20-14(21)9-23-15(22)11-4-6-12(7-5-11)24-16(17,18)19/h2-8,10H,9H2,1H3,(H,20,21). The lowest BCUT2D eigenvalue weighted by atomic mass is 10.2. The molecule has 1 aromatic heterocycles. The summed E-state index contributed by atoms with van der Waals surface area (Å²) < 4.78 is 44.7. The van der Waals surface area contributed by atoms with E-state index in [0.717, 1.165) is 29.1 Å². The van der Waals surface area contributed by atoms with Crippen LogP contribution in [0.15, 0.2) is 41.8 Å². The van der Waals surface area contributed by atoms with Crippen molar-refractivity contribution in [1.82, 2.24) is 5.32 Å². The monoisotopic (exact) mass is 373 g/mol. The van der Waals surface area contributed by atoms with E-state index in [9.17, 15) is 22.8 Å². The van der Waals surface area contributed by atoms with Crippen molar-refractivity contribution in [3.05, 3.63) is 52.2 Å². The fourth-order valence-electron chi connectivity index (χ4n) is 1.90. The highest BCUT2D eigenvalue weighted by atomic mass is 32.1. The minimum absolute atomic E-state index is 0.00799. The zero-order chi connectivity index (χ0) is 18.4. The van der Waals surface area contributed by atoms with Crippen molar-refractivity contribution in [2.75, 3.05) is 6.61 Å². The molecule has 0 radical (unpaired) electrons. The molecule has 134 valence electrons. The predicted molar refractivity (Wildman–Crippen MR) is 84.3 cm³/mol. The molecule has 1 heterocycles. The molecule has 1 amide bonds. The van der Waals surface area contributed by atoms with Gasteiger partial charge < -0.3 is 14.8 Å². The summed E-state index contributed by atoms with van der Waals surface area (Å²) in [6, 6.07) is 7.73. The topological polar surface area (TPSA) is 64.6 Å². The van der Waals surface area contributed by atoms with Crippen molar-refractivity contribution in [2.45, 2.75) is 19.3 Å². The van der Waals surface area contributed by atoms with Crippen LogP contribution in [0.5, 0.6) is 5.75 Å². The van der Waals surface area contributed by atoms with Gasteiger partial charge in [-0.15, -0.1) is 24.5 Å². The van der Waals surface area contributed by atoms with Crippen LogP contribution >= 0.6 is 11.3 Å². The Morgan fingerprint density at radius 3 is 2.44 bits per heavy atom. The van der Waals surface area contributed by atoms with Gasteiger partial charge in [-0.1, -0.05) is 6.07 Å². The molecular formula is C16H14F3NO4S. The van der Waals surface area contributed by atoms with E-state index in [1.54, 1.807) is 6.92 Å². The SMILES string of the molecule is CC(NC(=O)COC(=O)c1ccc(OC(F)(F)F)cc1)c1cccs1. The molecule has 0 saturated heterocycles. The zero-order valence-corrected chi connectivity index (χ0v) is 13.8. The van der Waals surface area contributed by atoms with Gasteiger partial charge in [0, 0.05) is 4.88 Å². The van der Waals surface area contributed by atoms with Gasteiger partial charge in [0.15, 0.2) is 6.61 Å². The van der Waals surface area contributed by atoms with Crippen molar-refractivity contribution in [2.24, 2.45) is 0 Å². The van der Waals surface area contributed by atoms with Crippen molar-refractivity contribution < 1.29 is 32.2 Å². The molecule has 0 aliphatic carbocycles. The number of alkyl halides is 3. The number of carbonyl (C=O) groups is 2. The van der Waals surface area contributed by atoms with Gasteiger partial charge in [-0.3, -0.25) is 4.79 Å². The van der Waals surface area contributed by atoms with Crippen molar-refractivity contribution >= 4 is 23.2 Å². The quantitative estimate of drug-likeness (QED) is 0.785. The molecule has 0 bridgehead atoms. The van der Waals surface area contributed by atoms with Crippen LogP contribution in [0.4, 0.5) is 13.2 Å². The lowest BCUT2D eigenvalue weighted by molar-refractivity contribution is -0.274. The molecule has 5 nitrogen and oxygen atoms in total. The van der Waals surface area contributed by atoms with E-state index in [4.69, 9.17) is 4.74 Å². The summed E-state index contributed by atoms with van der Waals surface area (Å²) in [4.78, 5) is 24.5. The molecule has 1 unspecified atom stereocenters. The van der Waals surface area contributed by atoms with Gasteiger partial charge in [-0.25, -0.2) is 4.79 Å². The number of halogens is 3. The first-order chi connectivity index (χ1) is 11.7. The Bertz CT molecular complexity index is 714. The van der Waals surface area contributed by atoms with E-state index in [1.165, 1.54) is 11.3 Å². The fourth-order valence-corrected chi connectivity index (χ4v) is 2.63. The summed E-state index contributed by atoms with van der Waals surface area (Å²) in [6.45, 7) is 1.31. The molecule has 25 heavy (non-hydrogen) atoms. The maximum Gasteiger partial charge on any atom is 0.573 e. The third-order valence-electron chi connectivity index (χ3n) is 3.01. The third-order valence-corrected chi connectivity index (χ3v) is 4.06. The van der Waals surface area contributed by atoms with Gasteiger partial charge in [-0.05, 0) is 42.6 Å². The third kappa shape index (κ3) is 6.11. The first-order valence-corrected chi connectivity index (χ1v) is 7.98. The molecule has 0 aliphatic rings. The Balaban J connectivity index is 1.82. The Hall–Kier alpha value is -2.55. The Kier molecular flexibility index (Phi) is 6.02. The molecule has 1 atom stereocenters. The van der Waals surface area contributed by atoms with Crippen LogP contribution in [-0.4, -0.2) is 24.8 Å². The number of ether oxygens (including phenoxy) is 2. The first-order valence-electron chi connectivity index (χ1n) is 7.10. The van der Waals surface area contributed by atoms with Crippen molar-refractivity contribution in [1.29, 1.82) is 0 Å². The largest absolute Gasteiger partial charge is 0.573 e. The number of amides is 1. The van der Waals surface area contributed by atoms with Gasteiger partial charge in [0.25, 0.3) is 5.91 Å². The maximum atomic E-state index is 12.1. The summed E-state index contributed by atoms with van der Waals surface area (Å²) in [5, 5.41) is 4.55. The number of hydrogen-bond acceptors (Lipinski definition) is 5. The molecule has 0 fully saturated rings. The van der Waals surface area contributed by atoms with E-state index in [-0.39, 0.29) is 11.6 Å². The van der Waals surface area contributed by atoms with E-state index in [2.05, 4.69) is 10.1 Å². The average molecular weight is 373 g/mol. The van der Waals surface area contributed by atoms with Crippen LogP contribution in [0.2, 0.25) is 0 Å². The number of esters is 1. The summed E-state index contributed by atoms with van der Waals surface area (Å²) in [5.74, 6) is -1.75. The normalized spacial score (nSPS) is 12.3. The summed E-state index contributed by atoms with van der Waals surface area (Å²) >= 11 is 1.48. The molecule has 1 N–H and O–H groups in total. The van der Waals surface area contributed by atoms with Crippen LogP contribution in [-0.2, 0) is 9.53 Å². The minimum atomic E-state index is -4.81. The number of benzene rings is 1. The number of nitrogens with one attached hydrogen (secondary N) is 1. The van der Waals surface area contributed by atoms with Gasteiger partial charge in [-0.2, -0.15) is 0 Å². The number of carbonyl (C=O) groups excluding carboxylic acids is 2. The summed E-state index contributed by atoms with van der Waals surface area (Å²) in [5.41, 5.74) is 0.00799. The van der Waals surface area contributed by atoms with Crippen molar-refractivity contribution in [3.63, 3.8) is 0 Å². The maximum absolute atomic E-state index is 12.1. The lowest BCUT2D eigenvalue weighted by Gasteiger charge is -2.12. The molecule has 0 saturated carbocycles. The molecule has 0 aliphatic heterocycles. The molecule has 2 aromatic rings. The van der Waals surface area contributed by atoms with E-state index >= 15 is 0 Å². The highest BCUT2D eigenvalue weighted by Gasteiger charge is 2.31. The molecule has 1 aromatic carbocycles. The Morgan fingerprint density at radius 2 is 1.88 bits per heavy atom. The Morgan fingerprint density at radius 1 is 1.20 bits per heavy atom. The lowest BCUT2D eigenvalue weighted by Crippen LogP contribution is -2.30. The number of rotatable bonds is 6. The first kappa shape index (κ1) is 18.8. The highest BCUT2D eigenvalue weighted by Crippen LogP contribution is 2.23. The van der Waals surface area contributed by atoms with Gasteiger partial charge >= 0.3 is 12.3 Å². The molecular weight excluding hydrogens is 359 g/mol. The van der Waals surface area contributed by atoms with Gasteiger partial charge in [0.1, 0.15) is 5.75 Å². The summed E-state index contributed by atoms with van der Waals surface area (Å²) in [7, 11) is 0.